The smallest absolute Gasteiger partial charge is 0.131 e. The molecule has 1 heterocycles. The van der Waals surface area contributed by atoms with Gasteiger partial charge in [0.1, 0.15) is 11.6 Å². The monoisotopic (exact) mass is 249 g/mol. The standard InChI is InChI=1S/C13H16FN3O/c1-9(12-4-3-11(18)5-13(12)14)15-6-10-7-16-17(2)8-10/h3-5,7-9,15,18H,6H2,1-2H3. The average molecular weight is 249 g/mol. The van der Waals surface area contributed by atoms with Crippen LogP contribution in [0.5, 0.6) is 5.75 Å². The largest absolute Gasteiger partial charge is 0.508 e. The predicted molar refractivity (Wildman–Crippen MR) is 66.5 cm³/mol. The van der Waals surface area contributed by atoms with E-state index < -0.39 is 5.82 Å². The first-order valence-corrected chi connectivity index (χ1v) is 5.75. The average Bonchev–Trinajstić information content (AvgIpc) is 2.72. The number of aryl methyl sites for hydroxylation is 1. The van der Waals surface area contributed by atoms with Crippen LogP contribution >= 0.6 is 0 Å². The second-order valence-corrected chi connectivity index (χ2v) is 4.33. The van der Waals surface area contributed by atoms with E-state index in [1.807, 2.05) is 20.2 Å². The number of nitrogens with one attached hydrogen (secondary N) is 1. The molecule has 0 bridgehead atoms. The molecule has 2 rings (SSSR count). The molecule has 0 saturated carbocycles. The zero-order valence-corrected chi connectivity index (χ0v) is 10.4. The number of hydrogen-bond donors (Lipinski definition) is 2. The van der Waals surface area contributed by atoms with E-state index in [0.717, 1.165) is 11.6 Å². The second-order valence-electron chi connectivity index (χ2n) is 4.33. The van der Waals surface area contributed by atoms with Crippen molar-refractivity contribution < 1.29 is 9.50 Å². The Hall–Kier alpha value is -1.88. The van der Waals surface area contributed by atoms with Crippen molar-refractivity contribution in [2.75, 3.05) is 0 Å². The van der Waals surface area contributed by atoms with Gasteiger partial charge in [-0.3, -0.25) is 4.68 Å². The van der Waals surface area contributed by atoms with Gasteiger partial charge < -0.3 is 10.4 Å². The number of rotatable bonds is 4. The van der Waals surface area contributed by atoms with E-state index in [-0.39, 0.29) is 11.8 Å². The third kappa shape index (κ3) is 2.87. The Morgan fingerprint density at radius 2 is 2.28 bits per heavy atom. The minimum atomic E-state index is -0.402. The van der Waals surface area contributed by atoms with Gasteiger partial charge in [0.25, 0.3) is 0 Å². The fourth-order valence-corrected chi connectivity index (χ4v) is 1.81. The maximum absolute atomic E-state index is 13.6. The van der Waals surface area contributed by atoms with Crippen LogP contribution in [0.3, 0.4) is 0 Å². The van der Waals surface area contributed by atoms with E-state index in [1.165, 1.54) is 6.07 Å². The van der Waals surface area contributed by atoms with Crippen LogP contribution in [0.1, 0.15) is 24.1 Å². The lowest BCUT2D eigenvalue weighted by Crippen LogP contribution is -2.18. The minimum absolute atomic E-state index is 0.0595. The quantitative estimate of drug-likeness (QED) is 0.872. The summed E-state index contributed by atoms with van der Waals surface area (Å²) in [6, 6.07) is 4.06. The molecule has 1 aromatic carbocycles. The Bertz CT molecular complexity index is 539. The van der Waals surface area contributed by atoms with Gasteiger partial charge in [-0.15, -0.1) is 0 Å². The number of nitrogens with zero attached hydrogens (tertiary/aromatic N) is 2. The molecule has 0 fully saturated rings. The molecule has 0 aliphatic heterocycles. The molecular formula is C13H16FN3O. The fraction of sp³-hybridized carbons (Fsp3) is 0.308. The number of phenols is 1. The SMILES string of the molecule is CC(NCc1cnn(C)c1)c1ccc(O)cc1F. The summed E-state index contributed by atoms with van der Waals surface area (Å²) in [5.41, 5.74) is 1.58. The van der Waals surface area contributed by atoms with Crippen LogP contribution in [-0.4, -0.2) is 14.9 Å². The van der Waals surface area contributed by atoms with Crippen LogP contribution in [0.2, 0.25) is 0 Å². The van der Waals surface area contributed by atoms with E-state index in [0.29, 0.717) is 12.1 Å². The Morgan fingerprint density at radius 3 is 2.89 bits per heavy atom. The molecule has 1 aromatic heterocycles. The lowest BCUT2D eigenvalue weighted by molar-refractivity contribution is 0.463. The van der Waals surface area contributed by atoms with E-state index >= 15 is 0 Å². The number of benzene rings is 1. The lowest BCUT2D eigenvalue weighted by atomic mass is 10.1. The molecule has 2 aromatic rings. The van der Waals surface area contributed by atoms with Crippen LogP contribution in [0, 0.1) is 5.82 Å². The zero-order valence-electron chi connectivity index (χ0n) is 10.4. The molecule has 0 aliphatic rings. The van der Waals surface area contributed by atoms with Crippen molar-refractivity contribution >= 4 is 0 Å². The summed E-state index contributed by atoms with van der Waals surface area (Å²) < 4.78 is 15.3. The van der Waals surface area contributed by atoms with Gasteiger partial charge in [0.2, 0.25) is 0 Å². The van der Waals surface area contributed by atoms with Gasteiger partial charge in [-0.05, 0) is 13.0 Å². The topological polar surface area (TPSA) is 50.1 Å². The predicted octanol–water partition coefficient (Wildman–Crippen LogP) is 2.12. The summed E-state index contributed by atoms with van der Waals surface area (Å²) in [6.07, 6.45) is 3.68. The van der Waals surface area contributed by atoms with Crippen LogP contribution in [0.4, 0.5) is 4.39 Å². The molecule has 0 aliphatic carbocycles. The summed E-state index contributed by atoms with van der Waals surface area (Å²) in [5, 5.41) is 16.4. The molecule has 2 N–H and O–H groups in total. The van der Waals surface area contributed by atoms with Crippen molar-refractivity contribution in [3.8, 4) is 5.75 Å². The van der Waals surface area contributed by atoms with Crippen LogP contribution in [0.25, 0.3) is 0 Å². The van der Waals surface area contributed by atoms with Crippen molar-refractivity contribution in [1.29, 1.82) is 0 Å². The highest BCUT2D eigenvalue weighted by molar-refractivity contribution is 5.29. The van der Waals surface area contributed by atoms with Crippen molar-refractivity contribution in [1.82, 2.24) is 15.1 Å². The number of aromatic hydroxyl groups is 1. The molecule has 0 radical (unpaired) electrons. The van der Waals surface area contributed by atoms with E-state index in [2.05, 4.69) is 10.4 Å². The van der Waals surface area contributed by atoms with Crippen LogP contribution in [0.15, 0.2) is 30.6 Å². The van der Waals surface area contributed by atoms with Gasteiger partial charge in [-0.1, -0.05) is 6.07 Å². The van der Waals surface area contributed by atoms with Crippen LogP contribution in [-0.2, 0) is 13.6 Å². The first-order chi connectivity index (χ1) is 8.56. The molecular weight excluding hydrogens is 233 g/mol. The molecule has 0 amide bonds. The molecule has 1 unspecified atom stereocenters. The molecule has 1 atom stereocenters. The summed E-state index contributed by atoms with van der Waals surface area (Å²) in [6.45, 7) is 2.50. The Morgan fingerprint density at radius 1 is 1.50 bits per heavy atom. The first kappa shape index (κ1) is 12.6. The summed E-state index contributed by atoms with van der Waals surface area (Å²) >= 11 is 0. The number of halogens is 1. The fourth-order valence-electron chi connectivity index (χ4n) is 1.81. The molecule has 4 nitrogen and oxygen atoms in total. The van der Waals surface area contributed by atoms with E-state index in [4.69, 9.17) is 5.11 Å². The molecule has 0 spiro atoms. The Balaban J connectivity index is 2.01. The van der Waals surface area contributed by atoms with Gasteiger partial charge in [-0.2, -0.15) is 5.10 Å². The molecule has 0 saturated heterocycles. The summed E-state index contributed by atoms with van der Waals surface area (Å²) in [5.74, 6) is -0.461. The van der Waals surface area contributed by atoms with Crippen molar-refractivity contribution in [3.05, 3.63) is 47.5 Å². The van der Waals surface area contributed by atoms with Crippen molar-refractivity contribution in [2.24, 2.45) is 7.05 Å². The highest BCUT2D eigenvalue weighted by Crippen LogP contribution is 2.21. The van der Waals surface area contributed by atoms with E-state index in [1.54, 1.807) is 16.9 Å². The van der Waals surface area contributed by atoms with Gasteiger partial charge in [-0.25, -0.2) is 4.39 Å². The van der Waals surface area contributed by atoms with Gasteiger partial charge in [0.05, 0.1) is 6.20 Å². The van der Waals surface area contributed by atoms with Crippen LogP contribution < -0.4 is 5.32 Å². The molecule has 96 valence electrons. The summed E-state index contributed by atoms with van der Waals surface area (Å²) in [4.78, 5) is 0. The third-order valence-corrected chi connectivity index (χ3v) is 2.82. The lowest BCUT2D eigenvalue weighted by Gasteiger charge is -2.14. The number of hydrogen-bond acceptors (Lipinski definition) is 3. The molecule has 5 heteroatoms. The van der Waals surface area contributed by atoms with Gasteiger partial charge >= 0.3 is 0 Å². The highest BCUT2D eigenvalue weighted by atomic mass is 19.1. The van der Waals surface area contributed by atoms with Gasteiger partial charge in [0.15, 0.2) is 0 Å². The third-order valence-electron chi connectivity index (χ3n) is 2.82. The van der Waals surface area contributed by atoms with Crippen molar-refractivity contribution in [3.63, 3.8) is 0 Å². The maximum atomic E-state index is 13.6. The Labute approximate surface area is 105 Å². The number of phenolic OH excluding ortho intramolecular Hbond substituents is 1. The first-order valence-electron chi connectivity index (χ1n) is 5.75. The zero-order chi connectivity index (χ0) is 13.1. The number of aromatic nitrogens is 2. The highest BCUT2D eigenvalue weighted by Gasteiger charge is 2.11. The minimum Gasteiger partial charge on any atom is -0.508 e. The molecule has 18 heavy (non-hydrogen) atoms. The summed E-state index contributed by atoms with van der Waals surface area (Å²) in [7, 11) is 1.85. The van der Waals surface area contributed by atoms with Crippen molar-refractivity contribution in [2.45, 2.75) is 19.5 Å². The normalized spacial score (nSPS) is 12.6. The Kier molecular flexibility index (Phi) is 3.62. The maximum Gasteiger partial charge on any atom is 0.131 e. The second kappa shape index (κ2) is 5.18. The van der Waals surface area contributed by atoms with Gasteiger partial charge in [0, 0.05) is 43.0 Å². The van der Waals surface area contributed by atoms with E-state index in [9.17, 15) is 4.39 Å².